The van der Waals surface area contributed by atoms with Gasteiger partial charge in [-0.25, -0.2) is 4.39 Å². The highest BCUT2D eigenvalue weighted by atomic mass is 19.4. The van der Waals surface area contributed by atoms with E-state index in [9.17, 15) is 57.1 Å². The molecule has 3 atom stereocenters. The van der Waals surface area contributed by atoms with Crippen molar-refractivity contribution < 1.29 is 75.1 Å². The van der Waals surface area contributed by atoms with Crippen molar-refractivity contribution in [1.82, 2.24) is 5.06 Å². The van der Waals surface area contributed by atoms with Gasteiger partial charge in [-0.3, -0.25) is 4.84 Å². The number of nitrogens with zero attached hydrogens (tertiary/aromatic N) is 1. The molecular formula is C22H19F16NO. The van der Waals surface area contributed by atoms with E-state index < -0.39 is 71.5 Å². The number of fused-ring (bicyclic) bond motifs is 3. The molecule has 1 saturated heterocycles. The molecule has 0 saturated carbocycles. The molecule has 0 amide bonds. The zero-order valence-electron chi connectivity index (χ0n) is 20.5. The van der Waals surface area contributed by atoms with Crippen LogP contribution in [0.15, 0.2) is 18.2 Å². The number of hydrogen-bond donors (Lipinski definition) is 0. The van der Waals surface area contributed by atoms with Gasteiger partial charge in [0.25, 0.3) is 0 Å². The third kappa shape index (κ3) is 3.86. The van der Waals surface area contributed by atoms with Crippen LogP contribution in [0, 0.1) is 12.8 Å². The lowest BCUT2D eigenvalue weighted by Gasteiger charge is -2.44. The summed E-state index contributed by atoms with van der Waals surface area (Å²) in [6.45, 7) is 4.93. The van der Waals surface area contributed by atoms with Crippen LogP contribution in [0.3, 0.4) is 0 Å². The summed E-state index contributed by atoms with van der Waals surface area (Å²) in [4.78, 5) is 4.39. The summed E-state index contributed by atoms with van der Waals surface area (Å²) in [5.74, 6) is -56.7. The van der Waals surface area contributed by atoms with Gasteiger partial charge < -0.3 is 0 Å². The summed E-state index contributed by atoms with van der Waals surface area (Å²) in [6.07, 6.45) is -8.68. The minimum atomic E-state index is -8.51. The molecule has 0 aromatic heterocycles. The third-order valence-electron chi connectivity index (χ3n) is 6.82. The Labute approximate surface area is 215 Å². The van der Waals surface area contributed by atoms with Crippen LogP contribution >= 0.6 is 0 Å². The van der Waals surface area contributed by atoms with Crippen LogP contribution < -0.4 is 0 Å². The average Bonchev–Trinajstić information content (AvgIpc) is 3.28. The second kappa shape index (κ2) is 8.53. The predicted molar refractivity (Wildman–Crippen MR) is 103 cm³/mol. The molecule has 1 aromatic carbocycles. The van der Waals surface area contributed by atoms with E-state index in [2.05, 4.69) is 4.84 Å². The van der Waals surface area contributed by atoms with Crippen LogP contribution in [0.4, 0.5) is 70.2 Å². The maximum absolute atomic E-state index is 16.0. The number of hydrogen-bond acceptors (Lipinski definition) is 2. The molecule has 0 unspecified atom stereocenters. The first-order valence-corrected chi connectivity index (χ1v) is 11.1. The first-order valence-electron chi connectivity index (χ1n) is 11.1. The molecule has 0 N–H and O–H groups in total. The first kappa shape index (κ1) is 32.5. The highest BCUT2D eigenvalue weighted by Gasteiger charge is 2.96. The molecular weight excluding hydrogens is 598 g/mol. The smallest absolute Gasteiger partial charge is 0.250 e. The Morgan fingerprint density at radius 3 is 1.62 bits per heavy atom. The van der Waals surface area contributed by atoms with E-state index in [1.54, 1.807) is 0 Å². The van der Waals surface area contributed by atoms with E-state index >= 15 is 13.2 Å². The second-order valence-corrected chi connectivity index (χ2v) is 10.6. The number of hydroxylamine groups is 2. The first-order chi connectivity index (χ1) is 17.4. The molecule has 0 bridgehead atoms. The molecule has 3 rings (SSSR count). The summed E-state index contributed by atoms with van der Waals surface area (Å²) < 4.78 is 223. The number of benzene rings is 1. The fourth-order valence-electron chi connectivity index (χ4n) is 4.66. The second-order valence-electron chi connectivity index (χ2n) is 10.6. The van der Waals surface area contributed by atoms with Gasteiger partial charge in [0.05, 0.1) is 12.0 Å². The van der Waals surface area contributed by atoms with Gasteiger partial charge in [0, 0.05) is 5.54 Å². The monoisotopic (exact) mass is 617 g/mol. The quantitative estimate of drug-likeness (QED) is 0.298. The van der Waals surface area contributed by atoms with Crippen molar-refractivity contribution in [2.24, 2.45) is 5.92 Å². The normalized spacial score (nSPS) is 25.8. The van der Waals surface area contributed by atoms with Gasteiger partial charge in [-0.15, -0.1) is 0 Å². The topological polar surface area (TPSA) is 12.5 Å². The molecule has 0 spiro atoms. The van der Waals surface area contributed by atoms with Crippen molar-refractivity contribution in [2.45, 2.75) is 93.3 Å². The lowest BCUT2D eigenvalue weighted by Crippen LogP contribution is -2.75. The number of rotatable bonds is 6. The van der Waals surface area contributed by atoms with Crippen molar-refractivity contribution in [1.29, 1.82) is 0 Å². The van der Waals surface area contributed by atoms with Gasteiger partial charge in [0.1, 0.15) is 0 Å². The SMILES string of the molecule is Cc1ccc2c(c1)[C@H]1[C@@H](C2)[C@](F)(C(F)(F)C(F)(F)C(F)(F)C(F)(F)C(F)(F)C(F)(F)C(F)(F)F)ON1C(C)(C)C. The van der Waals surface area contributed by atoms with Crippen molar-refractivity contribution in [3.63, 3.8) is 0 Å². The van der Waals surface area contributed by atoms with Crippen molar-refractivity contribution >= 4 is 0 Å². The van der Waals surface area contributed by atoms with Gasteiger partial charge in [-0.05, 0) is 45.2 Å². The lowest BCUT2D eigenvalue weighted by molar-refractivity contribution is -0.473. The Balaban J connectivity index is 2.18. The van der Waals surface area contributed by atoms with Crippen LogP contribution in [0.1, 0.15) is 43.5 Å². The highest BCUT2D eigenvalue weighted by Crippen LogP contribution is 2.68. The summed E-state index contributed by atoms with van der Waals surface area (Å²) in [6, 6.07) is 2.11. The Kier molecular flexibility index (Phi) is 6.94. The molecule has 1 fully saturated rings. The number of halogens is 16. The minimum absolute atomic E-state index is 0.00716. The van der Waals surface area contributed by atoms with Gasteiger partial charge >= 0.3 is 47.6 Å². The summed E-state index contributed by atoms with van der Waals surface area (Å²) in [5, 5.41) is 0.343. The van der Waals surface area contributed by atoms with Crippen LogP contribution in [0.5, 0.6) is 0 Å². The number of alkyl halides is 16. The van der Waals surface area contributed by atoms with E-state index in [1.807, 2.05) is 0 Å². The summed E-state index contributed by atoms with van der Waals surface area (Å²) >= 11 is 0. The zero-order chi connectivity index (χ0) is 31.5. The summed E-state index contributed by atoms with van der Waals surface area (Å²) in [7, 11) is 0. The lowest BCUT2D eigenvalue weighted by atomic mass is 9.82. The van der Waals surface area contributed by atoms with Crippen LogP contribution in [0.25, 0.3) is 0 Å². The van der Waals surface area contributed by atoms with Crippen LogP contribution in [-0.4, -0.2) is 58.2 Å². The van der Waals surface area contributed by atoms with Gasteiger partial charge in [-0.1, -0.05) is 23.8 Å². The summed E-state index contributed by atoms with van der Waals surface area (Å²) in [5.41, 5.74) is -1.19. The molecule has 1 aliphatic heterocycles. The number of aryl methyl sites for hydroxylation is 1. The van der Waals surface area contributed by atoms with Crippen LogP contribution in [-0.2, 0) is 11.3 Å². The Bertz CT molecular complexity index is 1150. The highest BCUT2D eigenvalue weighted by molar-refractivity contribution is 5.41. The third-order valence-corrected chi connectivity index (χ3v) is 6.82. The zero-order valence-corrected chi connectivity index (χ0v) is 20.5. The fraction of sp³-hybridized carbons (Fsp3) is 0.727. The maximum atomic E-state index is 16.0. The molecule has 2 aliphatic rings. The van der Waals surface area contributed by atoms with E-state index in [-0.39, 0.29) is 11.1 Å². The van der Waals surface area contributed by atoms with Crippen molar-refractivity contribution in [3.8, 4) is 0 Å². The van der Waals surface area contributed by atoms with Gasteiger partial charge in [0.15, 0.2) is 0 Å². The van der Waals surface area contributed by atoms with Gasteiger partial charge in [0.2, 0.25) is 0 Å². The predicted octanol–water partition coefficient (Wildman–Crippen LogP) is 8.29. The molecule has 0 radical (unpaired) electrons. The van der Waals surface area contributed by atoms with Crippen LogP contribution in [0.2, 0.25) is 0 Å². The van der Waals surface area contributed by atoms with E-state index in [0.717, 1.165) is 20.8 Å². The largest absolute Gasteiger partial charge is 0.460 e. The standard InChI is InChI=1S/C22H19F16NO/c1-9-5-6-10-8-12-13(11(10)7-9)39(14(2,3)4)40-15(12,23)16(24,25)17(26,27)18(28,29)19(30,31)20(32,33)21(34,35)22(36,37)38/h5-7,12-13H,8H2,1-4H3/t12-,13+,15-/m1/s1. The molecule has 1 heterocycles. The van der Waals surface area contributed by atoms with E-state index in [4.69, 9.17) is 0 Å². The maximum Gasteiger partial charge on any atom is 0.460 e. The Hall–Kier alpha value is -1.98. The molecule has 40 heavy (non-hydrogen) atoms. The minimum Gasteiger partial charge on any atom is -0.250 e. The van der Waals surface area contributed by atoms with Crippen molar-refractivity contribution in [3.05, 3.63) is 34.9 Å². The van der Waals surface area contributed by atoms with E-state index in [1.165, 1.54) is 25.1 Å². The molecule has 2 nitrogen and oxygen atoms in total. The molecule has 1 aromatic rings. The van der Waals surface area contributed by atoms with Gasteiger partial charge in [-0.2, -0.15) is 70.9 Å². The molecule has 230 valence electrons. The average molecular weight is 617 g/mol. The molecule has 1 aliphatic carbocycles. The Morgan fingerprint density at radius 2 is 1.18 bits per heavy atom. The fourth-order valence-corrected chi connectivity index (χ4v) is 4.66. The Morgan fingerprint density at radius 1 is 0.725 bits per heavy atom. The van der Waals surface area contributed by atoms with E-state index in [0.29, 0.717) is 10.6 Å². The van der Waals surface area contributed by atoms with Crippen molar-refractivity contribution in [2.75, 3.05) is 0 Å². The molecule has 18 heteroatoms.